The Bertz CT molecular complexity index is 230. The Labute approximate surface area is 105 Å². The van der Waals surface area contributed by atoms with Crippen molar-refractivity contribution in [3.05, 3.63) is 0 Å². The highest BCUT2D eigenvalue weighted by molar-refractivity contribution is 5.75. The van der Waals surface area contributed by atoms with E-state index in [4.69, 9.17) is 10.5 Å². The van der Waals surface area contributed by atoms with Gasteiger partial charge in [-0.25, -0.2) is 0 Å². The van der Waals surface area contributed by atoms with Crippen LogP contribution in [0.4, 0.5) is 0 Å². The zero-order chi connectivity index (χ0) is 12.7. The van der Waals surface area contributed by atoms with E-state index in [-0.39, 0.29) is 12.1 Å². The quantitative estimate of drug-likeness (QED) is 0.727. The van der Waals surface area contributed by atoms with E-state index in [0.717, 1.165) is 32.1 Å². The Balaban J connectivity index is 2.37. The Morgan fingerprint density at radius 3 is 2.71 bits per heavy atom. The lowest BCUT2D eigenvalue weighted by atomic mass is 9.85. The van der Waals surface area contributed by atoms with Crippen molar-refractivity contribution in [2.24, 2.45) is 11.7 Å². The molecule has 1 saturated carbocycles. The Morgan fingerprint density at radius 1 is 1.35 bits per heavy atom. The molecule has 0 heterocycles. The van der Waals surface area contributed by atoms with Gasteiger partial charge >= 0.3 is 5.97 Å². The van der Waals surface area contributed by atoms with Gasteiger partial charge < -0.3 is 10.5 Å². The molecule has 0 aliphatic heterocycles. The minimum Gasteiger partial charge on any atom is -0.461 e. The smallest absolute Gasteiger partial charge is 0.323 e. The van der Waals surface area contributed by atoms with Gasteiger partial charge in [-0.15, -0.1) is 0 Å². The third-order valence-electron chi connectivity index (χ3n) is 3.80. The van der Waals surface area contributed by atoms with Crippen LogP contribution in [-0.4, -0.2) is 18.1 Å². The summed E-state index contributed by atoms with van der Waals surface area (Å²) in [6.07, 6.45) is 8.70. The molecule has 2 N–H and O–H groups in total. The molecule has 0 aromatic rings. The molecule has 0 spiro atoms. The van der Waals surface area contributed by atoms with Crippen LogP contribution < -0.4 is 5.73 Å². The lowest BCUT2D eigenvalue weighted by molar-refractivity contribution is -0.155. The Hall–Kier alpha value is -0.570. The normalized spacial score (nSPS) is 26.5. The maximum Gasteiger partial charge on any atom is 0.323 e. The summed E-state index contributed by atoms with van der Waals surface area (Å²) in [4.78, 5) is 11.8. The molecular weight excluding hydrogens is 214 g/mol. The second-order valence-electron chi connectivity index (χ2n) is 5.18. The van der Waals surface area contributed by atoms with Gasteiger partial charge in [0.05, 0.1) is 0 Å². The summed E-state index contributed by atoms with van der Waals surface area (Å²) in [6, 6.07) is -0.422. The minimum absolute atomic E-state index is 0.119. The van der Waals surface area contributed by atoms with Crippen LogP contribution in [0.2, 0.25) is 0 Å². The van der Waals surface area contributed by atoms with Crippen molar-refractivity contribution < 1.29 is 9.53 Å². The summed E-state index contributed by atoms with van der Waals surface area (Å²) in [5.41, 5.74) is 5.83. The van der Waals surface area contributed by atoms with Crippen LogP contribution in [0.3, 0.4) is 0 Å². The molecule has 1 aliphatic carbocycles. The highest BCUT2D eigenvalue weighted by Gasteiger charge is 2.28. The van der Waals surface area contributed by atoms with Crippen LogP contribution in [0, 0.1) is 5.92 Å². The summed E-state index contributed by atoms with van der Waals surface area (Å²) >= 11 is 0. The molecule has 1 aliphatic rings. The standard InChI is InChI=1S/C14H27NO2/c1-3-5-9-12(15)14(16)17-13-10-7-6-8-11(13)4-2/h11-13H,3-10,15H2,1-2H3/t11?,12-,13?/m0/s1. The van der Waals surface area contributed by atoms with Gasteiger partial charge in [0.1, 0.15) is 12.1 Å². The molecule has 2 unspecified atom stereocenters. The molecule has 0 bridgehead atoms. The first-order valence-electron chi connectivity index (χ1n) is 7.15. The molecule has 3 heteroatoms. The number of hydrogen-bond donors (Lipinski definition) is 1. The summed E-state index contributed by atoms with van der Waals surface area (Å²) in [5, 5.41) is 0. The number of unbranched alkanes of at least 4 members (excludes halogenated alkanes) is 1. The molecule has 0 radical (unpaired) electrons. The third-order valence-corrected chi connectivity index (χ3v) is 3.80. The fourth-order valence-electron chi connectivity index (χ4n) is 2.57. The Kier molecular flexibility index (Phi) is 6.56. The fourth-order valence-corrected chi connectivity index (χ4v) is 2.57. The zero-order valence-electron chi connectivity index (χ0n) is 11.3. The van der Waals surface area contributed by atoms with Crippen LogP contribution in [0.5, 0.6) is 0 Å². The van der Waals surface area contributed by atoms with Crippen LogP contribution in [0.15, 0.2) is 0 Å². The van der Waals surface area contributed by atoms with Crippen molar-refractivity contribution in [1.82, 2.24) is 0 Å². The van der Waals surface area contributed by atoms with E-state index >= 15 is 0 Å². The lowest BCUT2D eigenvalue weighted by Gasteiger charge is -2.31. The molecule has 1 rings (SSSR count). The molecule has 3 nitrogen and oxygen atoms in total. The second kappa shape index (κ2) is 7.70. The number of rotatable bonds is 6. The van der Waals surface area contributed by atoms with Crippen LogP contribution in [0.25, 0.3) is 0 Å². The number of hydrogen-bond acceptors (Lipinski definition) is 3. The highest BCUT2D eigenvalue weighted by Crippen LogP contribution is 2.29. The number of ether oxygens (including phenoxy) is 1. The van der Waals surface area contributed by atoms with Crippen LogP contribution in [0.1, 0.15) is 65.2 Å². The lowest BCUT2D eigenvalue weighted by Crippen LogP contribution is -2.38. The van der Waals surface area contributed by atoms with Crippen molar-refractivity contribution in [2.75, 3.05) is 0 Å². The average molecular weight is 241 g/mol. The van der Waals surface area contributed by atoms with Gasteiger partial charge in [-0.2, -0.15) is 0 Å². The maximum absolute atomic E-state index is 11.8. The predicted molar refractivity (Wildman–Crippen MR) is 69.6 cm³/mol. The third kappa shape index (κ3) is 4.66. The van der Waals surface area contributed by atoms with Gasteiger partial charge in [-0.3, -0.25) is 4.79 Å². The Morgan fingerprint density at radius 2 is 2.06 bits per heavy atom. The summed E-state index contributed by atoms with van der Waals surface area (Å²) < 4.78 is 5.59. The summed E-state index contributed by atoms with van der Waals surface area (Å²) in [5.74, 6) is 0.356. The van der Waals surface area contributed by atoms with Gasteiger partial charge in [0.2, 0.25) is 0 Å². The first-order valence-corrected chi connectivity index (χ1v) is 7.15. The number of esters is 1. The number of nitrogens with two attached hydrogens (primary N) is 1. The van der Waals surface area contributed by atoms with Gasteiger partial charge in [0.25, 0.3) is 0 Å². The maximum atomic E-state index is 11.8. The van der Waals surface area contributed by atoms with E-state index in [1.165, 1.54) is 19.3 Å². The van der Waals surface area contributed by atoms with E-state index in [9.17, 15) is 4.79 Å². The summed E-state index contributed by atoms with van der Waals surface area (Å²) in [6.45, 7) is 4.28. The van der Waals surface area contributed by atoms with Gasteiger partial charge in [0.15, 0.2) is 0 Å². The molecule has 0 aromatic heterocycles. The van der Waals surface area contributed by atoms with Crippen molar-refractivity contribution >= 4 is 5.97 Å². The monoisotopic (exact) mass is 241 g/mol. The van der Waals surface area contributed by atoms with E-state index < -0.39 is 6.04 Å². The molecule has 3 atom stereocenters. The molecule has 0 aromatic carbocycles. The van der Waals surface area contributed by atoms with Crippen LogP contribution >= 0.6 is 0 Å². The molecule has 17 heavy (non-hydrogen) atoms. The number of carbonyl (C=O) groups is 1. The summed E-state index contributed by atoms with van der Waals surface area (Å²) in [7, 11) is 0. The molecular formula is C14H27NO2. The van der Waals surface area contributed by atoms with Crippen molar-refractivity contribution in [3.63, 3.8) is 0 Å². The largest absolute Gasteiger partial charge is 0.461 e. The molecule has 0 saturated heterocycles. The average Bonchev–Trinajstić information content (AvgIpc) is 2.36. The van der Waals surface area contributed by atoms with Crippen molar-refractivity contribution in [3.8, 4) is 0 Å². The topological polar surface area (TPSA) is 52.3 Å². The van der Waals surface area contributed by atoms with E-state index in [1.807, 2.05) is 0 Å². The van der Waals surface area contributed by atoms with Gasteiger partial charge in [-0.1, -0.05) is 33.1 Å². The van der Waals surface area contributed by atoms with Crippen molar-refractivity contribution in [2.45, 2.75) is 77.4 Å². The number of carbonyl (C=O) groups excluding carboxylic acids is 1. The molecule has 0 amide bonds. The molecule has 1 fully saturated rings. The van der Waals surface area contributed by atoms with E-state index in [2.05, 4.69) is 13.8 Å². The first kappa shape index (κ1) is 14.5. The van der Waals surface area contributed by atoms with Gasteiger partial charge in [-0.05, 0) is 38.0 Å². The minimum atomic E-state index is -0.422. The van der Waals surface area contributed by atoms with Gasteiger partial charge in [0, 0.05) is 0 Å². The second-order valence-corrected chi connectivity index (χ2v) is 5.18. The fraction of sp³-hybridized carbons (Fsp3) is 0.929. The van der Waals surface area contributed by atoms with Crippen LogP contribution in [-0.2, 0) is 9.53 Å². The molecule has 100 valence electrons. The van der Waals surface area contributed by atoms with E-state index in [0.29, 0.717) is 5.92 Å². The van der Waals surface area contributed by atoms with Crippen molar-refractivity contribution in [1.29, 1.82) is 0 Å². The zero-order valence-corrected chi connectivity index (χ0v) is 11.3. The van der Waals surface area contributed by atoms with E-state index in [1.54, 1.807) is 0 Å². The first-order chi connectivity index (χ1) is 8.19. The SMILES string of the molecule is CCCC[C@H](N)C(=O)OC1CCCCC1CC. The highest BCUT2D eigenvalue weighted by atomic mass is 16.5. The predicted octanol–water partition coefficient (Wildman–Crippen LogP) is 3.02.